The summed E-state index contributed by atoms with van der Waals surface area (Å²) in [5.41, 5.74) is 10.7. The summed E-state index contributed by atoms with van der Waals surface area (Å²) in [7, 11) is 0. The number of carbonyl (C=O) groups excluding carboxylic acids is 2. The fourth-order valence-electron chi connectivity index (χ4n) is 5.89. The predicted molar refractivity (Wildman–Crippen MR) is 181 cm³/mol. The molecule has 1 saturated heterocycles. The summed E-state index contributed by atoms with van der Waals surface area (Å²) in [6.07, 6.45) is 9.91. The Kier molecular flexibility index (Phi) is 8.22. The van der Waals surface area contributed by atoms with Gasteiger partial charge in [0.2, 0.25) is 0 Å². The number of furan rings is 1. The highest BCUT2D eigenvalue weighted by atomic mass is 19.3. The zero-order valence-electron chi connectivity index (χ0n) is 25.9. The van der Waals surface area contributed by atoms with Crippen LogP contribution < -0.4 is 5.73 Å². The number of benzene rings is 2. The zero-order chi connectivity index (χ0) is 33.3. The van der Waals surface area contributed by atoms with Crippen LogP contribution in [0, 0.1) is 0 Å². The number of nitrogens with two attached hydrogens (primary N) is 1. The highest BCUT2D eigenvalue weighted by Gasteiger charge is 2.35. The summed E-state index contributed by atoms with van der Waals surface area (Å²) >= 11 is 0. The number of nitrogen functional groups attached to an aromatic ring is 1. The maximum absolute atomic E-state index is 13.6. The molecular weight excluding hydrogens is 612 g/mol. The normalized spacial score (nSPS) is 14.6. The second-order valence-electron chi connectivity index (χ2n) is 12.0. The van der Waals surface area contributed by atoms with Crippen LogP contribution in [0.15, 0.2) is 102 Å². The lowest BCUT2D eigenvalue weighted by Crippen LogP contribution is -2.42. The van der Waals surface area contributed by atoms with Crippen LogP contribution in [-0.4, -0.2) is 50.6 Å². The monoisotopic (exact) mass is 643 g/mol. The lowest BCUT2D eigenvalue weighted by atomic mass is 9.97. The number of halogens is 2. The Labute approximate surface area is 274 Å². The van der Waals surface area contributed by atoms with Crippen molar-refractivity contribution in [1.29, 1.82) is 0 Å². The average molecular weight is 644 g/mol. The molecule has 0 unspecified atom stereocenters. The topological polar surface area (TPSA) is 115 Å². The van der Waals surface area contributed by atoms with Crippen LogP contribution in [0.2, 0.25) is 0 Å². The van der Waals surface area contributed by atoms with E-state index in [1.807, 2.05) is 42.6 Å². The maximum Gasteiger partial charge on any atom is 0.255 e. The second kappa shape index (κ2) is 12.8. The molecule has 0 radical (unpaired) electrons. The van der Waals surface area contributed by atoms with Crippen molar-refractivity contribution in [3.8, 4) is 22.4 Å². The molecule has 0 spiro atoms. The van der Waals surface area contributed by atoms with Gasteiger partial charge in [-0.25, -0.2) is 13.8 Å². The van der Waals surface area contributed by atoms with E-state index in [1.165, 1.54) is 17.2 Å². The number of piperidine rings is 1. The van der Waals surface area contributed by atoms with Crippen molar-refractivity contribution in [1.82, 2.24) is 19.9 Å². The number of pyridine rings is 3. The van der Waals surface area contributed by atoms with Crippen molar-refractivity contribution in [3.05, 3.63) is 114 Å². The van der Waals surface area contributed by atoms with E-state index in [2.05, 4.69) is 21.0 Å². The van der Waals surface area contributed by atoms with Crippen molar-refractivity contribution < 1.29 is 22.8 Å². The molecule has 1 aliphatic rings. The molecule has 48 heavy (non-hydrogen) atoms. The van der Waals surface area contributed by atoms with Crippen LogP contribution in [0.25, 0.3) is 50.2 Å². The van der Waals surface area contributed by atoms with Gasteiger partial charge in [0, 0.05) is 85.5 Å². The average Bonchev–Trinajstić information content (AvgIpc) is 3.53. The molecule has 1 amide bonds. The number of ketones is 1. The highest BCUT2D eigenvalue weighted by Crippen LogP contribution is 2.37. The molecule has 0 bridgehead atoms. The number of anilines is 1. The Morgan fingerprint density at radius 2 is 1.71 bits per heavy atom. The van der Waals surface area contributed by atoms with Crippen LogP contribution in [0.1, 0.15) is 40.9 Å². The van der Waals surface area contributed by atoms with Gasteiger partial charge in [-0.2, -0.15) is 0 Å². The number of nitrogens with zero attached hydrogens (tertiary/aromatic N) is 4. The molecule has 2 aromatic carbocycles. The van der Waals surface area contributed by atoms with Gasteiger partial charge in [-0.3, -0.25) is 19.6 Å². The Balaban J connectivity index is 1.18. The highest BCUT2D eigenvalue weighted by molar-refractivity contribution is 5.99. The lowest BCUT2D eigenvalue weighted by Gasteiger charge is -2.31. The van der Waals surface area contributed by atoms with Gasteiger partial charge in [-0.15, -0.1) is 0 Å². The number of aryl methyl sites for hydroxylation is 1. The van der Waals surface area contributed by atoms with Crippen molar-refractivity contribution in [2.45, 2.75) is 31.6 Å². The molecule has 0 saturated carbocycles. The Morgan fingerprint density at radius 3 is 2.48 bits per heavy atom. The molecule has 6 aromatic rings. The number of amides is 1. The van der Waals surface area contributed by atoms with Crippen LogP contribution in [0.4, 0.5) is 14.6 Å². The van der Waals surface area contributed by atoms with Crippen LogP contribution >= 0.6 is 0 Å². The molecule has 240 valence electrons. The Morgan fingerprint density at radius 1 is 0.875 bits per heavy atom. The summed E-state index contributed by atoms with van der Waals surface area (Å²) in [6, 6.07) is 20.9. The summed E-state index contributed by atoms with van der Waals surface area (Å²) in [5, 5.41) is 2.88. The quantitative estimate of drug-likeness (QED) is 0.169. The fourth-order valence-corrected chi connectivity index (χ4v) is 5.89. The van der Waals surface area contributed by atoms with E-state index in [9.17, 15) is 18.4 Å². The van der Waals surface area contributed by atoms with E-state index in [-0.39, 0.29) is 44.0 Å². The van der Waals surface area contributed by atoms with Crippen LogP contribution in [0.5, 0.6) is 0 Å². The number of hydrogen-bond acceptors (Lipinski definition) is 7. The predicted octanol–water partition coefficient (Wildman–Crippen LogP) is 7.77. The molecule has 4 aromatic heterocycles. The first-order chi connectivity index (χ1) is 23.2. The first-order valence-corrected chi connectivity index (χ1v) is 15.7. The minimum atomic E-state index is -2.73. The third-order valence-electron chi connectivity index (χ3n) is 8.60. The van der Waals surface area contributed by atoms with Gasteiger partial charge in [0.05, 0.1) is 11.3 Å². The molecular formula is C38H31F2N5O3. The molecule has 8 nitrogen and oxygen atoms in total. The number of aromatic nitrogens is 3. The molecule has 1 aliphatic heterocycles. The van der Waals surface area contributed by atoms with Crippen molar-refractivity contribution in [2.75, 3.05) is 18.8 Å². The van der Waals surface area contributed by atoms with Gasteiger partial charge >= 0.3 is 0 Å². The Bertz CT molecular complexity index is 2170. The summed E-state index contributed by atoms with van der Waals surface area (Å²) in [6.45, 7) is 0.0282. The number of carbonyl (C=O) groups is 2. The second-order valence-corrected chi connectivity index (χ2v) is 12.0. The standard InChI is InChI=1S/C38H31F2N5O3/c39-38(40)12-15-45(16-13-38)37(47)28-5-9-34(43-23-28)29-18-30-19-32(8-7-31(46)6-1-24-2-10-35(41)44-21-24)48-36(30)33(20-29)26-3-4-27-22-42-14-11-25(27)17-26/h1-6,9-11,14,17-23H,7-8,12-13,15-16H2,(H2,41,44)/b6-1+. The summed E-state index contributed by atoms with van der Waals surface area (Å²) in [4.78, 5) is 40.0. The zero-order valence-corrected chi connectivity index (χ0v) is 25.9. The first kappa shape index (κ1) is 30.9. The number of alkyl halides is 2. The van der Waals surface area contributed by atoms with Gasteiger partial charge in [0.1, 0.15) is 17.2 Å². The Hall–Kier alpha value is -5.77. The van der Waals surface area contributed by atoms with Crippen molar-refractivity contribution in [3.63, 3.8) is 0 Å². The molecule has 5 heterocycles. The summed E-state index contributed by atoms with van der Waals surface area (Å²) in [5.74, 6) is -1.99. The number of allylic oxidation sites excluding steroid dienone is 1. The molecule has 10 heteroatoms. The van der Waals surface area contributed by atoms with Gasteiger partial charge in [0.25, 0.3) is 11.8 Å². The van der Waals surface area contributed by atoms with Gasteiger partial charge in [0.15, 0.2) is 5.78 Å². The van der Waals surface area contributed by atoms with Gasteiger partial charge in [-0.05, 0) is 83.3 Å². The molecule has 7 rings (SSSR count). The summed E-state index contributed by atoms with van der Waals surface area (Å²) < 4.78 is 33.6. The SMILES string of the molecule is Nc1ccc(/C=C/C(=O)CCc2cc3cc(-c4ccc(C(=O)N5CCC(F)(F)CC5)cn4)cc(-c4ccc5cnccc5c4)c3o2)cn1. The van der Waals surface area contributed by atoms with Crippen LogP contribution in [-0.2, 0) is 11.2 Å². The van der Waals surface area contributed by atoms with E-state index in [0.717, 1.165) is 38.4 Å². The van der Waals surface area contributed by atoms with Crippen molar-refractivity contribution >= 4 is 45.3 Å². The molecule has 1 fully saturated rings. The number of hydrogen-bond donors (Lipinski definition) is 1. The largest absolute Gasteiger partial charge is 0.460 e. The maximum atomic E-state index is 13.6. The number of rotatable bonds is 8. The molecule has 2 N–H and O–H groups in total. The number of fused-ring (bicyclic) bond motifs is 2. The van der Waals surface area contributed by atoms with Gasteiger partial charge in [-0.1, -0.05) is 12.1 Å². The molecule has 0 aliphatic carbocycles. The van der Waals surface area contributed by atoms with Crippen LogP contribution in [0.3, 0.4) is 0 Å². The van der Waals surface area contributed by atoms with E-state index >= 15 is 0 Å². The minimum absolute atomic E-state index is 0.0141. The fraction of sp³-hybridized carbons (Fsp3) is 0.184. The molecule has 0 atom stereocenters. The number of likely N-dealkylation sites (tertiary alicyclic amines) is 1. The lowest BCUT2D eigenvalue weighted by molar-refractivity contribution is -0.114. The van der Waals surface area contributed by atoms with Crippen molar-refractivity contribution in [2.24, 2.45) is 0 Å². The first-order valence-electron chi connectivity index (χ1n) is 15.7. The van der Waals surface area contributed by atoms with E-state index in [0.29, 0.717) is 34.8 Å². The van der Waals surface area contributed by atoms with Gasteiger partial charge < -0.3 is 15.1 Å². The van der Waals surface area contributed by atoms with E-state index in [1.54, 1.807) is 42.7 Å². The third kappa shape index (κ3) is 6.69. The minimum Gasteiger partial charge on any atom is -0.460 e. The third-order valence-corrected chi connectivity index (χ3v) is 8.60. The smallest absolute Gasteiger partial charge is 0.255 e. The van der Waals surface area contributed by atoms with E-state index in [4.69, 9.17) is 10.2 Å². The van der Waals surface area contributed by atoms with E-state index < -0.39 is 5.92 Å².